The minimum absolute atomic E-state index is 0.0998. The zero-order valence-electron chi connectivity index (χ0n) is 20.2. The van der Waals surface area contributed by atoms with Gasteiger partial charge in [0.2, 0.25) is 17.7 Å². The Morgan fingerprint density at radius 2 is 1.76 bits per heavy atom. The molecular formula is C24H26N6O6S. The Bertz CT molecular complexity index is 1470. The van der Waals surface area contributed by atoms with Crippen LogP contribution in [0, 0.1) is 0 Å². The van der Waals surface area contributed by atoms with Crippen LogP contribution in [0.25, 0.3) is 22.5 Å². The lowest BCUT2D eigenvalue weighted by molar-refractivity contribution is -0.127. The summed E-state index contributed by atoms with van der Waals surface area (Å²) in [6.07, 6.45) is -0.0998. The molecule has 1 atom stereocenters. The highest BCUT2D eigenvalue weighted by Crippen LogP contribution is 2.40. The van der Waals surface area contributed by atoms with Crippen molar-refractivity contribution in [3.05, 3.63) is 54.1 Å². The summed E-state index contributed by atoms with van der Waals surface area (Å²) >= 11 is 0. The molecule has 0 aliphatic carbocycles. The molecule has 2 heterocycles. The Morgan fingerprint density at radius 3 is 2.46 bits per heavy atom. The van der Waals surface area contributed by atoms with Crippen LogP contribution < -0.4 is 15.5 Å². The van der Waals surface area contributed by atoms with Crippen LogP contribution in [-0.2, 0) is 38.1 Å². The van der Waals surface area contributed by atoms with Gasteiger partial charge < -0.3 is 15.5 Å². The summed E-state index contributed by atoms with van der Waals surface area (Å²) in [6, 6.07) is 13.5. The van der Waals surface area contributed by atoms with E-state index in [0.717, 1.165) is 29.3 Å². The van der Waals surface area contributed by atoms with Crippen molar-refractivity contribution in [3.8, 4) is 22.5 Å². The summed E-state index contributed by atoms with van der Waals surface area (Å²) in [7, 11) is -2.74. The Balaban J connectivity index is 1.58. The summed E-state index contributed by atoms with van der Waals surface area (Å²) in [4.78, 5) is 38.9. The summed E-state index contributed by atoms with van der Waals surface area (Å²) in [5, 5.41) is 13.2. The second-order valence-corrected chi connectivity index (χ2v) is 10.1. The summed E-state index contributed by atoms with van der Waals surface area (Å²) < 4.78 is 33.2. The van der Waals surface area contributed by atoms with E-state index < -0.39 is 33.7 Å². The van der Waals surface area contributed by atoms with Gasteiger partial charge in [0.05, 0.1) is 17.9 Å². The number of carbonyl (C=O) groups is 3. The second-order valence-electron chi connectivity index (χ2n) is 8.61. The molecule has 2 aromatic carbocycles. The van der Waals surface area contributed by atoms with Crippen LogP contribution in [0.3, 0.4) is 0 Å². The second kappa shape index (κ2) is 10.5. The maximum Gasteiger partial charge on any atom is 0.267 e. The third-order valence-electron chi connectivity index (χ3n) is 5.89. The first-order valence-electron chi connectivity index (χ1n) is 11.4. The van der Waals surface area contributed by atoms with Gasteiger partial charge in [-0.2, -0.15) is 8.42 Å². The standard InChI is InChI=1S/C24H26N6O6S/c1-15(31)26-19(14-37(34,35)36)24(33)25-12-11-21(32)30-13-16-7-3-4-8-17(16)22-23(29(2)28-27-22)18-9-5-6-10-20(18)30/h3-10,19H,11-14H2,1-2H3,(H,25,33)(H,26,31)(H,34,35,36). The quantitative estimate of drug-likeness (QED) is 0.382. The van der Waals surface area contributed by atoms with E-state index in [-0.39, 0.29) is 25.4 Å². The first-order valence-corrected chi connectivity index (χ1v) is 13.0. The normalized spacial score (nSPS) is 13.3. The SMILES string of the molecule is CC(=O)NC(CS(=O)(=O)O)C(=O)NCCC(=O)N1Cc2ccccc2-c2nnn(C)c2-c2ccccc21. The van der Waals surface area contributed by atoms with Crippen LogP contribution in [0.2, 0.25) is 0 Å². The van der Waals surface area contributed by atoms with Crippen LogP contribution in [-0.4, -0.2) is 64.0 Å². The average Bonchev–Trinajstić information content (AvgIpc) is 3.20. The number of benzene rings is 2. The zero-order valence-corrected chi connectivity index (χ0v) is 21.0. The fraction of sp³-hybridized carbons (Fsp3) is 0.292. The highest BCUT2D eigenvalue weighted by molar-refractivity contribution is 7.85. The minimum atomic E-state index is -4.53. The van der Waals surface area contributed by atoms with Gasteiger partial charge in [-0.3, -0.25) is 18.9 Å². The number of aromatic nitrogens is 3. The predicted octanol–water partition coefficient (Wildman–Crippen LogP) is 0.895. The van der Waals surface area contributed by atoms with Crippen molar-refractivity contribution in [1.82, 2.24) is 25.6 Å². The molecule has 3 N–H and O–H groups in total. The van der Waals surface area contributed by atoms with Gasteiger partial charge >= 0.3 is 0 Å². The number of amides is 3. The monoisotopic (exact) mass is 526 g/mol. The summed E-state index contributed by atoms with van der Waals surface area (Å²) in [6.45, 7) is 1.26. The van der Waals surface area contributed by atoms with Gasteiger partial charge in [0, 0.05) is 38.1 Å². The van der Waals surface area contributed by atoms with Crippen LogP contribution >= 0.6 is 0 Å². The Morgan fingerprint density at radius 1 is 1.08 bits per heavy atom. The van der Waals surface area contributed by atoms with Gasteiger partial charge in [0.25, 0.3) is 10.1 Å². The van der Waals surface area contributed by atoms with E-state index in [4.69, 9.17) is 4.55 Å². The maximum atomic E-state index is 13.5. The van der Waals surface area contributed by atoms with Gasteiger partial charge in [-0.15, -0.1) is 5.10 Å². The number of nitrogens with one attached hydrogen (secondary N) is 2. The van der Waals surface area contributed by atoms with E-state index in [1.807, 2.05) is 48.5 Å². The summed E-state index contributed by atoms with van der Waals surface area (Å²) in [5.41, 5.74) is 4.63. The van der Waals surface area contributed by atoms with Gasteiger partial charge in [-0.05, 0) is 11.6 Å². The molecule has 0 saturated heterocycles. The molecule has 0 spiro atoms. The summed E-state index contributed by atoms with van der Waals surface area (Å²) in [5.74, 6) is -2.74. The first kappa shape index (κ1) is 26.0. The Labute approximate surface area is 213 Å². The number of anilines is 1. The zero-order chi connectivity index (χ0) is 26.7. The lowest BCUT2D eigenvalue weighted by Gasteiger charge is -2.28. The molecule has 1 aliphatic rings. The fourth-order valence-electron chi connectivity index (χ4n) is 4.31. The highest BCUT2D eigenvalue weighted by atomic mass is 32.2. The number of hydrogen-bond donors (Lipinski definition) is 3. The molecule has 13 heteroatoms. The predicted molar refractivity (Wildman–Crippen MR) is 135 cm³/mol. The molecule has 4 rings (SSSR count). The molecule has 1 unspecified atom stereocenters. The van der Waals surface area contributed by atoms with E-state index in [0.29, 0.717) is 11.4 Å². The largest absolute Gasteiger partial charge is 0.354 e. The van der Waals surface area contributed by atoms with Crippen molar-refractivity contribution < 1.29 is 27.4 Å². The number of para-hydroxylation sites is 1. The molecule has 0 bridgehead atoms. The Hall–Kier alpha value is -4.10. The number of fused-ring (bicyclic) bond motifs is 5. The van der Waals surface area contributed by atoms with Gasteiger partial charge in [-0.25, -0.2) is 4.68 Å². The van der Waals surface area contributed by atoms with Crippen molar-refractivity contribution in [2.45, 2.75) is 25.9 Å². The molecule has 37 heavy (non-hydrogen) atoms. The molecule has 1 aromatic heterocycles. The van der Waals surface area contributed by atoms with Crippen molar-refractivity contribution in [2.75, 3.05) is 17.2 Å². The van der Waals surface area contributed by atoms with Gasteiger partial charge in [0.15, 0.2) is 0 Å². The first-order chi connectivity index (χ1) is 17.5. The van der Waals surface area contributed by atoms with E-state index in [9.17, 15) is 22.8 Å². The minimum Gasteiger partial charge on any atom is -0.354 e. The van der Waals surface area contributed by atoms with Crippen molar-refractivity contribution in [3.63, 3.8) is 0 Å². The van der Waals surface area contributed by atoms with E-state index in [1.165, 1.54) is 0 Å². The maximum absolute atomic E-state index is 13.5. The molecule has 1 aliphatic heterocycles. The molecule has 12 nitrogen and oxygen atoms in total. The lowest BCUT2D eigenvalue weighted by atomic mass is 9.95. The molecule has 3 amide bonds. The number of aryl methyl sites for hydroxylation is 1. The highest BCUT2D eigenvalue weighted by Gasteiger charge is 2.29. The number of carbonyl (C=O) groups excluding carboxylic acids is 3. The van der Waals surface area contributed by atoms with E-state index in [1.54, 1.807) is 16.6 Å². The Kier molecular flexibility index (Phi) is 7.36. The van der Waals surface area contributed by atoms with Gasteiger partial charge in [-0.1, -0.05) is 47.7 Å². The van der Waals surface area contributed by atoms with E-state index >= 15 is 0 Å². The van der Waals surface area contributed by atoms with Crippen molar-refractivity contribution >= 4 is 33.5 Å². The molecule has 0 fully saturated rings. The third kappa shape index (κ3) is 5.84. The smallest absolute Gasteiger partial charge is 0.267 e. The van der Waals surface area contributed by atoms with Crippen molar-refractivity contribution in [1.29, 1.82) is 0 Å². The van der Waals surface area contributed by atoms with Gasteiger partial charge in [0.1, 0.15) is 17.5 Å². The van der Waals surface area contributed by atoms with E-state index in [2.05, 4.69) is 20.9 Å². The molecule has 3 aromatic rings. The number of hydrogen-bond acceptors (Lipinski definition) is 7. The molecule has 0 saturated carbocycles. The molecular weight excluding hydrogens is 500 g/mol. The fourth-order valence-corrected chi connectivity index (χ4v) is 4.96. The average molecular weight is 527 g/mol. The topological polar surface area (TPSA) is 164 Å². The number of nitrogens with zero attached hydrogens (tertiary/aromatic N) is 4. The van der Waals surface area contributed by atoms with Crippen LogP contribution in [0.4, 0.5) is 5.69 Å². The van der Waals surface area contributed by atoms with Crippen LogP contribution in [0.1, 0.15) is 18.9 Å². The molecule has 0 radical (unpaired) electrons. The van der Waals surface area contributed by atoms with Crippen molar-refractivity contribution in [2.24, 2.45) is 7.05 Å². The third-order valence-corrected chi connectivity index (χ3v) is 6.64. The number of rotatable bonds is 7. The van der Waals surface area contributed by atoms with Crippen LogP contribution in [0.15, 0.2) is 48.5 Å². The van der Waals surface area contributed by atoms with Crippen LogP contribution in [0.5, 0.6) is 0 Å². The lowest BCUT2D eigenvalue weighted by Crippen LogP contribution is -2.50. The molecule has 194 valence electrons.